The van der Waals surface area contributed by atoms with Gasteiger partial charge in [0.05, 0.1) is 5.69 Å². The van der Waals surface area contributed by atoms with E-state index >= 15 is 0 Å². The van der Waals surface area contributed by atoms with Gasteiger partial charge in [0.25, 0.3) is 0 Å². The van der Waals surface area contributed by atoms with Crippen molar-refractivity contribution < 1.29 is 32.5 Å². The monoisotopic (exact) mass is 370 g/mol. The second kappa shape index (κ2) is 6.64. The molecule has 1 aliphatic carbocycles. The van der Waals surface area contributed by atoms with Gasteiger partial charge in [-0.2, -0.15) is 18.3 Å². The molecule has 0 amide bonds. The zero-order valence-corrected chi connectivity index (χ0v) is 13.9. The van der Waals surface area contributed by atoms with Crippen LogP contribution in [0, 0.1) is 0 Å². The van der Waals surface area contributed by atoms with Crippen LogP contribution in [0.5, 0.6) is 5.75 Å². The molecule has 1 aliphatic rings. The normalized spacial score (nSPS) is 22.1. The van der Waals surface area contributed by atoms with Crippen molar-refractivity contribution in [3.63, 3.8) is 0 Å². The molecule has 3 rings (SSSR count). The Morgan fingerprint density at radius 2 is 2.08 bits per heavy atom. The standard InChI is InChI=1S/C17H17F3N2O4/c1-11(23)26-16(8-15(16)24)13-4-2-3-5-14(13)25-9-12-6-7-21-22(12)10-17(18,19)20/h2-7,15,24H,8-10H2,1H3/t15-,16?/m0/s1. The summed E-state index contributed by atoms with van der Waals surface area (Å²) in [7, 11) is 0. The molecule has 2 atom stereocenters. The fraction of sp³-hybridized carbons (Fsp3) is 0.412. The molecule has 1 unspecified atom stereocenters. The highest BCUT2D eigenvalue weighted by molar-refractivity contribution is 5.68. The van der Waals surface area contributed by atoms with Crippen molar-refractivity contribution in [3.8, 4) is 5.75 Å². The van der Waals surface area contributed by atoms with E-state index in [1.807, 2.05) is 0 Å². The molecule has 6 nitrogen and oxygen atoms in total. The predicted octanol–water partition coefficient (Wildman–Crippen LogP) is 2.55. The van der Waals surface area contributed by atoms with Gasteiger partial charge in [-0.25, -0.2) is 0 Å². The third kappa shape index (κ3) is 3.82. The second-order valence-corrected chi connectivity index (χ2v) is 6.08. The smallest absolute Gasteiger partial charge is 0.408 e. The molecule has 1 N–H and O–H groups in total. The Balaban J connectivity index is 1.79. The van der Waals surface area contributed by atoms with Crippen molar-refractivity contribution >= 4 is 5.97 Å². The van der Waals surface area contributed by atoms with E-state index in [0.29, 0.717) is 11.3 Å². The van der Waals surface area contributed by atoms with Gasteiger partial charge in [-0.15, -0.1) is 0 Å². The molecule has 9 heteroatoms. The number of para-hydroxylation sites is 1. The Kier molecular flexibility index (Phi) is 4.66. The number of hydrogen-bond donors (Lipinski definition) is 1. The molecular formula is C17H17F3N2O4. The van der Waals surface area contributed by atoms with Crippen molar-refractivity contribution in [2.24, 2.45) is 0 Å². The molecule has 0 radical (unpaired) electrons. The van der Waals surface area contributed by atoms with E-state index in [1.54, 1.807) is 24.3 Å². The van der Waals surface area contributed by atoms with Crippen molar-refractivity contribution in [3.05, 3.63) is 47.8 Å². The lowest BCUT2D eigenvalue weighted by Gasteiger charge is -2.20. The molecule has 0 saturated heterocycles. The van der Waals surface area contributed by atoms with Gasteiger partial charge in [-0.3, -0.25) is 9.48 Å². The highest BCUT2D eigenvalue weighted by atomic mass is 19.4. The van der Waals surface area contributed by atoms with Gasteiger partial charge in [-0.05, 0) is 12.1 Å². The molecule has 0 bridgehead atoms. The summed E-state index contributed by atoms with van der Waals surface area (Å²) in [6.07, 6.45) is -3.75. The average Bonchev–Trinajstić information content (AvgIpc) is 2.98. The Hall–Kier alpha value is -2.55. The number of carbonyl (C=O) groups is 1. The van der Waals surface area contributed by atoms with Crippen LogP contribution in [0.1, 0.15) is 24.6 Å². The maximum atomic E-state index is 12.6. The van der Waals surface area contributed by atoms with E-state index in [1.165, 1.54) is 19.2 Å². The number of alkyl halides is 3. The summed E-state index contributed by atoms with van der Waals surface area (Å²) in [5.74, 6) is -0.218. The van der Waals surface area contributed by atoms with Crippen LogP contribution in [-0.2, 0) is 28.3 Å². The minimum atomic E-state index is -4.39. The number of esters is 1. The van der Waals surface area contributed by atoms with Crippen LogP contribution in [0.25, 0.3) is 0 Å². The largest absolute Gasteiger partial charge is 0.487 e. The minimum Gasteiger partial charge on any atom is -0.487 e. The van der Waals surface area contributed by atoms with Crippen LogP contribution in [0.15, 0.2) is 36.5 Å². The summed E-state index contributed by atoms with van der Waals surface area (Å²) in [5.41, 5.74) is -0.450. The SMILES string of the molecule is CC(=O)OC1(c2ccccc2OCc2ccnn2CC(F)(F)F)C[C@@H]1O. The lowest BCUT2D eigenvalue weighted by atomic mass is 10.1. The number of aliphatic hydroxyl groups excluding tert-OH is 1. The van der Waals surface area contributed by atoms with E-state index in [4.69, 9.17) is 9.47 Å². The number of benzene rings is 1. The molecule has 140 valence electrons. The van der Waals surface area contributed by atoms with E-state index in [-0.39, 0.29) is 18.7 Å². The zero-order chi connectivity index (χ0) is 18.9. The summed E-state index contributed by atoms with van der Waals surface area (Å²) >= 11 is 0. The molecule has 2 aromatic rings. The van der Waals surface area contributed by atoms with Crippen LogP contribution in [0.3, 0.4) is 0 Å². The molecule has 1 fully saturated rings. The molecule has 1 aromatic carbocycles. The van der Waals surface area contributed by atoms with Crippen molar-refractivity contribution in [1.82, 2.24) is 9.78 Å². The second-order valence-electron chi connectivity index (χ2n) is 6.08. The number of nitrogens with zero attached hydrogens (tertiary/aromatic N) is 2. The Bertz CT molecular complexity index is 805. The predicted molar refractivity (Wildman–Crippen MR) is 83.1 cm³/mol. The Labute approximate surface area is 147 Å². The summed E-state index contributed by atoms with van der Waals surface area (Å²) in [6, 6.07) is 8.08. The number of ether oxygens (including phenoxy) is 2. The van der Waals surface area contributed by atoms with Gasteiger partial charge in [0.1, 0.15) is 25.0 Å². The molecular weight excluding hydrogens is 353 g/mol. The fourth-order valence-corrected chi connectivity index (χ4v) is 2.83. The molecule has 1 saturated carbocycles. The number of rotatable bonds is 6. The highest BCUT2D eigenvalue weighted by Crippen LogP contribution is 2.52. The van der Waals surface area contributed by atoms with Crippen molar-refractivity contribution in [1.29, 1.82) is 0 Å². The number of halogens is 3. The van der Waals surface area contributed by atoms with Crippen LogP contribution in [0.2, 0.25) is 0 Å². The van der Waals surface area contributed by atoms with Crippen LogP contribution < -0.4 is 4.74 Å². The van der Waals surface area contributed by atoms with Crippen molar-refractivity contribution in [2.75, 3.05) is 0 Å². The van der Waals surface area contributed by atoms with Crippen LogP contribution >= 0.6 is 0 Å². The first-order valence-corrected chi connectivity index (χ1v) is 7.89. The first kappa shape index (κ1) is 18.2. The number of aromatic nitrogens is 2. The van der Waals surface area contributed by atoms with Crippen molar-refractivity contribution in [2.45, 2.75) is 44.4 Å². The lowest BCUT2D eigenvalue weighted by molar-refractivity contribution is -0.151. The third-order valence-electron chi connectivity index (χ3n) is 4.05. The quantitative estimate of drug-likeness (QED) is 0.791. The molecule has 1 heterocycles. The Morgan fingerprint density at radius 3 is 2.69 bits per heavy atom. The summed E-state index contributed by atoms with van der Waals surface area (Å²) in [5, 5.41) is 13.6. The Morgan fingerprint density at radius 1 is 1.38 bits per heavy atom. The number of carbonyl (C=O) groups excluding carboxylic acids is 1. The van der Waals surface area contributed by atoms with Gasteiger partial charge in [0.15, 0.2) is 5.60 Å². The van der Waals surface area contributed by atoms with Gasteiger partial charge in [0.2, 0.25) is 0 Å². The first-order chi connectivity index (χ1) is 12.2. The lowest BCUT2D eigenvalue weighted by Crippen LogP contribution is -2.22. The van der Waals surface area contributed by atoms with Gasteiger partial charge < -0.3 is 14.6 Å². The number of aliphatic hydroxyl groups is 1. The topological polar surface area (TPSA) is 73.6 Å². The number of hydrogen-bond acceptors (Lipinski definition) is 5. The van der Waals surface area contributed by atoms with E-state index in [9.17, 15) is 23.1 Å². The van der Waals surface area contributed by atoms with Crippen LogP contribution in [-0.4, -0.2) is 33.1 Å². The minimum absolute atomic E-state index is 0.153. The molecule has 1 aromatic heterocycles. The van der Waals surface area contributed by atoms with E-state index in [2.05, 4.69) is 5.10 Å². The van der Waals surface area contributed by atoms with E-state index < -0.39 is 30.4 Å². The van der Waals surface area contributed by atoms with Gasteiger partial charge in [0, 0.05) is 25.1 Å². The fourth-order valence-electron chi connectivity index (χ4n) is 2.83. The summed E-state index contributed by atoms with van der Waals surface area (Å²) in [6.45, 7) is -0.123. The van der Waals surface area contributed by atoms with Gasteiger partial charge >= 0.3 is 12.1 Å². The van der Waals surface area contributed by atoms with Crippen LogP contribution in [0.4, 0.5) is 13.2 Å². The summed E-state index contributed by atoms with van der Waals surface area (Å²) < 4.78 is 49.5. The average molecular weight is 370 g/mol. The molecule has 26 heavy (non-hydrogen) atoms. The maximum Gasteiger partial charge on any atom is 0.408 e. The first-order valence-electron chi connectivity index (χ1n) is 7.89. The van der Waals surface area contributed by atoms with E-state index in [0.717, 1.165) is 4.68 Å². The van der Waals surface area contributed by atoms with Gasteiger partial charge in [-0.1, -0.05) is 18.2 Å². The molecule has 0 aliphatic heterocycles. The highest BCUT2D eigenvalue weighted by Gasteiger charge is 2.60. The third-order valence-corrected chi connectivity index (χ3v) is 4.05. The maximum absolute atomic E-state index is 12.6. The zero-order valence-electron chi connectivity index (χ0n) is 13.9. The molecule has 0 spiro atoms. The summed E-state index contributed by atoms with van der Waals surface area (Å²) in [4.78, 5) is 11.4.